The molecule has 0 bridgehead atoms. The molecule has 0 aromatic heterocycles. The summed E-state index contributed by atoms with van der Waals surface area (Å²) < 4.78 is 26.1. The lowest BCUT2D eigenvalue weighted by Crippen LogP contribution is -2.44. The van der Waals surface area contributed by atoms with Crippen LogP contribution in [0.25, 0.3) is 0 Å². The lowest BCUT2D eigenvalue weighted by molar-refractivity contribution is -0.137. The monoisotopic (exact) mass is 279 g/mol. The van der Waals surface area contributed by atoms with E-state index in [9.17, 15) is 18.3 Å². The van der Waals surface area contributed by atoms with Crippen LogP contribution < -0.4 is 4.72 Å². The minimum Gasteiger partial charge on any atom is -0.481 e. The first-order chi connectivity index (χ1) is 8.44. The van der Waals surface area contributed by atoms with E-state index in [1.165, 1.54) is 0 Å². The summed E-state index contributed by atoms with van der Waals surface area (Å²) in [4.78, 5) is 10.3. The van der Waals surface area contributed by atoms with Gasteiger partial charge < -0.3 is 10.2 Å². The van der Waals surface area contributed by atoms with Crippen LogP contribution in [0.15, 0.2) is 0 Å². The van der Waals surface area contributed by atoms with Crippen molar-refractivity contribution in [3.8, 4) is 0 Å². The number of nitrogens with one attached hydrogen (secondary N) is 1. The van der Waals surface area contributed by atoms with Crippen molar-refractivity contribution in [2.45, 2.75) is 44.6 Å². The molecule has 0 aromatic carbocycles. The Morgan fingerprint density at radius 2 is 1.94 bits per heavy atom. The highest BCUT2D eigenvalue weighted by atomic mass is 32.2. The van der Waals surface area contributed by atoms with E-state index >= 15 is 0 Å². The normalized spacial score (nSPS) is 24.9. The maximum atomic E-state index is 11.8. The van der Waals surface area contributed by atoms with Crippen LogP contribution in [-0.4, -0.2) is 43.0 Å². The summed E-state index contributed by atoms with van der Waals surface area (Å²) in [5, 5.41) is 17.7. The molecule has 6 nitrogen and oxygen atoms in total. The van der Waals surface area contributed by atoms with E-state index in [-0.39, 0.29) is 37.2 Å². The predicted molar refractivity (Wildman–Crippen MR) is 66.6 cm³/mol. The van der Waals surface area contributed by atoms with Crippen LogP contribution in [0.1, 0.15) is 38.5 Å². The fraction of sp³-hybridized carbons (Fsp3) is 0.909. The molecule has 1 aliphatic carbocycles. The number of carboxylic acids is 1. The van der Waals surface area contributed by atoms with Crippen LogP contribution in [-0.2, 0) is 14.8 Å². The van der Waals surface area contributed by atoms with Gasteiger partial charge in [-0.15, -0.1) is 0 Å². The molecule has 0 amide bonds. The van der Waals surface area contributed by atoms with Gasteiger partial charge >= 0.3 is 5.97 Å². The average molecular weight is 279 g/mol. The first-order valence-electron chi connectivity index (χ1n) is 6.27. The molecule has 1 fully saturated rings. The first-order valence-corrected chi connectivity index (χ1v) is 7.92. The molecule has 2 unspecified atom stereocenters. The lowest BCUT2D eigenvalue weighted by atomic mass is 9.86. The summed E-state index contributed by atoms with van der Waals surface area (Å²) in [6.07, 6.45) is 3.51. The molecule has 0 aliphatic heterocycles. The van der Waals surface area contributed by atoms with Gasteiger partial charge in [0.05, 0.1) is 5.75 Å². The number of aliphatic hydroxyl groups is 1. The van der Waals surface area contributed by atoms with Crippen molar-refractivity contribution in [2.24, 2.45) is 5.92 Å². The summed E-state index contributed by atoms with van der Waals surface area (Å²) in [5.74, 6) is -1.18. The van der Waals surface area contributed by atoms with E-state index in [2.05, 4.69) is 4.72 Å². The van der Waals surface area contributed by atoms with Crippen molar-refractivity contribution < 1.29 is 23.4 Å². The number of hydrogen-bond donors (Lipinski definition) is 3. The first kappa shape index (κ1) is 15.4. The maximum Gasteiger partial charge on any atom is 0.303 e. The second-order valence-electron chi connectivity index (χ2n) is 4.77. The number of aliphatic hydroxyl groups excluding tert-OH is 1. The van der Waals surface area contributed by atoms with E-state index in [1.807, 2.05) is 0 Å². The Morgan fingerprint density at radius 3 is 2.56 bits per heavy atom. The Morgan fingerprint density at radius 1 is 1.28 bits per heavy atom. The van der Waals surface area contributed by atoms with E-state index in [4.69, 9.17) is 5.11 Å². The fourth-order valence-corrected chi connectivity index (χ4v) is 3.70. The van der Waals surface area contributed by atoms with Gasteiger partial charge in [0.1, 0.15) is 0 Å². The molecule has 0 radical (unpaired) electrons. The third kappa shape index (κ3) is 5.32. The molecule has 0 aromatic rings. The van der Waals surface area contributed by atoms with Crippen LogP contribution in [0.4, 0.5) is 0 Å². The Balaban J connectivity index is 2.45. The van der Waals surface area contributed by atoms with Gasteiger partial charge in [-0.1, -0.05) is 12.8 Å². The molecule has 3 N–H and O–H groups in total. The summed E-state index contributed by atoms with van der Waals surface area (Å²) >= 11 is 0. The molecule has 1 rings (SSSR count). The van der Waals surface area contributed by atoms with Gasteiger partial charge in [-0.2, -0.15) is 0 Å². The highest BCUT2D eigenvalue weighted by molar-refractivity contribution is 7.89. The Labute approximate surface area is 107 Å². The van der Waals surface area contributed by atoms with Crippen molar-refractivity contribution in [3.63, 3.8) is 0 Å². The van der Waals surface area contributed by atoms with Crippen molar-refractivity contribution in [1.82, 2.24) is 4.72 Å². The topological polar surface area (TPSA) is 104 Å². The third-order valence-corrected chi connectivity index (χ3v) is 4.77. The van der Waals surface area contributed by atoms with Gasteiger partial charge in [0, 0.05) is 19.1 Å². The average Bonchev–Trinajstić information content (AvgIpc) is 2.28. The van der Waals surface area contributed by atoms with E-state index in [0.29, 0.717) is 0 Å². The zero-order chi connectivity index (χ0) is 13.6. The number of hydrogen-bond acceptors (Lipinski definition) is 4. The van der Waals surface area contributed by atoms with Gasteiger partial charge in [0.15, 0.2) is 0 Å². The highest BCUT2D eigenvalue weighted by Crippen LogP contribution is 2.24. The quantitative estimate of drug-likeness (QED) is 0.622. The molecular weight excluding hydrogens is 258 g/mol. The van der Waals surface area contributed by atoms with Crippen LogP contribution in [0.3, 0.4) is 0 Å². The molecule has 106 valence electrons. The fourth-order valence-electron chi connectivity index (χ4n) is 2.28. The largest absolute Gasteiger partial charge is 0.481 e. The summed E-state index contributed by atoms with van der Waals surface area (Å²) in [5.41, 5.74) is 0. The van der Waals surface area contributed by atoms with Crippen LogP contribution in [0.2, 0.25) is 0 Å². The number of carboxylic acid groups (broad SMARTS) is 1. The molecule has 2 atom stereocenters. The van der Waals surface area contributed by atoms with Gasteiger partial charge in [-0.3, -0.25) is 4.79 Å². The molecule has 18 heavy (non-hydrogen) atoms. The molecule has 0 spiro atoms. The number of sulfonamides is 1. The minimum absolute atomic E-state index is 0.0116. The second-order valence-corrected chi connectivity index (χ2v) is 6.64. The van der Waals surface area contributed by atoms with Crippen molar-refractivity contribution in [1.29, 1.82) is 0 Å². The summed E-state index contributed by atoms with van der Waals surface area (Å²) in [6, 6.07) is -0.210. The summed E-state index contributed by atoms with van der Waals surface area (Å²) in [6.45, 7) is -0.0116. The molecule has 7 heteroatoms. The van der Waals surface area contributed by atoms with Crippen molar-refractivity contribution >= 4 is 16.0 Å². The van der Waals surface area contributed by atoms with E-state index in [1.54, 1.807) is 0 Å². The number of rotatable bonds is 7. The molecule has 1 saturated carbocycles. The highest BCUT2D eigenvalue weighted by Gasteiger charge is 2.28. The third-order valence-electron chi connectivity index (χ3n) is 3.28. The van der Waals surface area contributed by atoms with Crippen molar-refractivity contribution in [3.05, 3.63) is 0 Å². The van der Waals surface area contributed by atoms with Crippen LogP contribution >= 0.6 is 0 Å². The molecule has 0 heterocycles. The van der Waals surface area contributed by atoms with Gasteiger partial charge in [-0.05, 0) is 25.2 Å². The minimum atomic E-state index is -3.44. The van der Waals surface area contributed by atoms with E-state index < -0.39 is 16.0 Å². The zero-order valence-electron chi connectivity index (χ0n) is 10.3. The predicted octanol–water partition coefficient (Wildman–Crippen LogP) is 0.322. The maximum absolute atomic E-state index is 11.8. The Bertz CT molecular complexity index is 368. The molecule has 1 aliphatic rings. The van der Waals surface area contributed by atoms with Crippen LogP contribution in [0.5, 0.6) is 0 Å². The summed E-state index contributed by atoms with van der Waals surface area (Å²) in [7, 11) is -3.44. The van der Waals surface area contributed by atoms with Gasteiger partial charge in [0.2, 0.25) is 10.0 Å². The lowest BCUT2D eigenvalue weighted by Gasteiger charge is -2.30. The standard InChI is InChI=1S/C11H21NO5S/c13-8-9-4-1-2-5-10(9)12-18(16,17)7-3-6-11(14)15/h9-10,12-13H,1-8H2,(H,14,15). The number of carbonyl (C=O) groups is 1. The molecular formula is C11H21NO5S. The SMILES string of the molecule is O=C(O)CCCS(=O)(=O)NC1CCCCC1CO. The zero-order valence-corrected chi connectivity index (χ0v) is 11.2. The smallest absolute Gasteiger partial charge is 0.303 e. The Kier molecular flexibility index (Phi) is 6.04. The number of aliphatic carboxylic acids is 1. The second kappa shape index (κ2) is 7.06. The van der Waals surface area contributed by atoms with E-state index in [0.717, 1.165) is 25.7 Å². The van der Waals surface area contributed by atoms with Gasteiger partial charge in [-0.25, -0.2) is 13.1 Å². The van der Waals surface area contributed by atoms with Gasteiger partial charge in [0.25, 0.3) is 0 Å². The Hall–Kier alpha value is -0.660. The molecule has 0 saturated heterocycles. The van der Waals surface area contributed by atoms with Crippen molar-refractivity contribution in [2.75, 3.05) is 12.4 Å². The van der Waals surface area contributed by atoms with Crippen LogP contribution in [0, 0.1) is 5.92 Å².